The Kier molecular flexibility index (Phi) is 5.76. The Morgan fingerprint density at radius 1 is 1.48 bits per heavy atom. The van der Waals surface area contributed by atoms with E-state index in [1.165, 1.54) is 5.57 Å². The molecule has 110 valence electrons. The molecule has 0 amide bonds. The summed E-state index contributed by atoms with van der Waals surface area (Å²) in [4.78, 5) is 4.44. The highest BCUT2D eigenvalue weighted by molar-refractivity contribution is 6.20. The van der Waals surface area contributed by atoms with E-state index in [9.17, 15) is 0 Å². The summed E-state index contributed by atoms with van der Waals surface area (Å²) in [5.41, 5.74) is 2.05. The molecular weight excluding hydrogens is 282 g/mol. The van der Waals surface area contributed by atoms with E-state index in [2.05, 4.69) is 41.7 Å². The highest BCUT2D eigenvalue weighted by atomic mass is 35.5. The van der Waals surface area contributed by atoms with E-state index in [0.717, 1.165) is 30.8 Å². The van der Waals surface area contributed by atoms with Crippen LogP contribution in [0.25, 0.3) is 0 Å². The van der Waals surface area contributed by atoms with Crippen molar-refractivity contribution < 1.29 is 4.58 Å². The Morgan fingerprint density at radius 3 is 2.95 bits per heavy atom. The summed E-state index contributed by atoms with van der Waals surface area (Å²) in [6.45, 7) is 8.25. The van der Waals surface area contributed by atoms with Gasteiger partial charge in [0.05, 0.1) is 6.42 Å². The van der Waals surface area contributed by atoms with Crippen LogP contribution in [-0.2, 0) is 0 Å². The summed E-state index contributed by atoms with van der Waals surface area (Å²) in [6.07, 6.45) is 16.8. The molecule has 1 heterocycles. The summed E-state index contributed by atoms with van der Waals surface area (Å²) in [5.74, 6) is 0.840. The van der Waals surface area contributed by atoms with Crippen molar-refractivity contribution in [2.75, 3.05) is 6.54 Å². The molecular formula is C17H21ClN3+. The van der Waals surface area contributed by atoms with Gasteiger partial charge in [-0.05, 0) is 40.6 Å². The molecule has 1 N–H and O–H groups in total. The van der Waals surface area contributed by atoms with Gasteiger partial charge in [0.25, 0.3) is 6.34 Å². The monoisotopic (exact) mass is 302 g/mol. The van der Waals surface area contributed by atoms with Crippen molar-refractivity contribution in [2.45, 2.75) is 24.9 Å². The highest BCUT2D eigenvalue weighted by Gasteiger charge is 2.23. The van der Waals surface area contributed by atoms with E-state index in [-0.39, 0.29) is 5.62 Å². The topological polar surface area (TPSA) is 27.4 Å². The van der Waals surface area contributed by atoms with Gasteiger partial charge in [-0.15, -0.1) is 0 Å². The Bertz CT molecular complexity index is 565. The maximum absolute atomic E-state index is 6.39. The zero-order chi connectivity index (χ0) is 15.1. The molecule has 0 saturated heterocycles. The second kappa shape index (κ2) is 7.79. The van der Waals surface area contributed by atoms with E-state index >= 15 is 0 Å². The molecule has 21 heavy (non-hydrogen) atoms. The summed E-state index contributed by atoms with van der Waals surface area (Å²) < 4.78 is 1.98. The predicted octanol–water partition coefficient (Wildman–Crippen LogP) is 3.52. The molecule has 0 saturated carbocycles. The largest absolute Gasteiger partial charge is 0.301 e. The Labute approximate surface area is 131 Å². The van der Waals surface area contributed by atoms with Crippen LogP contribution in [0.3, 0.4) is 0 Å². The van der Waals surface area contributed by atoms with Crippen LogP contribution in [0.2, 0.25) is 0 Å². The third kappa shape index (κ3) is 4.57. The van der Waals surface area contributed by atoms with Gasteiger partial charge in [0, 0.05) is 0 Å². The zero-order valence-electron chi connectivity index (χ0n) is 12.1. The van der Waals surface area contributed by atoms with E-state index in [0.29, 0.717) is 6.42 Å². The maximum Gasteiger partial charge on any atom is 0.286 e. The quantitative estimate of drug-likeness (QED) is 0.346. The van der Waals surface area contributed by atoms with Crippen molar-refractivity contribution in [1.29, 1.82) is 0 Å². The summed E-state index contributed by atoms with van der Waals surface area (Å²) >= 11 is 6.39. The van der Waals surface area contributed by atoms with Gasteiger partial charge in [0.2, 0.25) is 11.5 Å². The third-order valence-corrected chi connectivity index (χ3v) is 3.70. The number of hydrogen-bond donors (Lipinski definition) is 1. The molecule has 0 fully saturated rings. The van der Waals surface area contributed by atoms with Crippen LogP contribution < -0.4 is 5.32 Å². The van der Waals surface area contributed by atoms with Gasteiger partial charge < -0.3 is 5.32 Å². The van der Waals surface area contributed by atoms with Gasteiger partial charge in [-0.3, -0.25) is 0 Å². The number of alkyl halides is 1. The van der Waals surface area contributed by atoms with Gasteiger partial charge in [-0.2, -0.15) is 0 Å². The van der Waals surface area contributed by atoms with Crippen LogP contribution in [0.15, 0.2) is 65.8 Å². The average Bonchev–Trinajstić information content (AvgIpc) is 2.50. The third-order valence-electron chi connectivity index (χ3n) is 3.34. The molecule has 0 aromatic rings. The molecule has 0 aromatic carbocycles. The zero-order valence-corrected chi connectivity index (χ0v) is 12.9. The molecule has 1 atom stereocenters. The van der Waals surface area contributed by atoms with E-state index in [1.54, 1.807) is 18.5 Å². The van der Waals surface area contributed by atoms with Gasteiger partial charge in [-0.25, -0.2) is 4.58 Å². The van der Waals surface area contributed by atoms with Crippen molar-refractivity contribution in [2.24, 2.45) is 4.99 Å². The lowest BCUT2D eigenvalue weighted by Gasteiger charge is -2.18. The number of nitrogens with one attached hydrogen (secondary N) is 1. The van der Waals surface area contributed by atoms with E-state index in [1.807, 2.05) is 10.7 Å². The lowest BCUT2D eigenvalue weighted by Crippen LogP contribution is -2.44. The molecule has 0 radical (unpaired) electrons. The molecule has 1 aliphatic heterocycles. The van der Waals surface area contributed by atoms with Crippen LogP contribution in [-0.4, -0.2) is 28.9 Å². The maximum atomic E-state index is 6.39. The number of allylic oxidation sites excluding steroid dienone is 5. The summed E-state index contributed by atoms with van der Waals surface area (Å²) in [6, 6.07) is 0. The average molecular weight is 303 g/mol. The number of nitrogens with zero attached hydrogens (tertiary/aromatic N) is 2. The van der Waals surface area contributed by atoms with E-state index < -0.39 is 0 Å². The Balaban J connectivity index is 2.04. The SMILES string of the molecule is C=C/C=C(\C=C)CC1=NC=[N+](CC2=CCCC=C2)C(Cl)N1. The molecule has 0 bridgehead atoms. The van der Waals surface area contributed by atoms with Crippen molar-refractivity contribution in [3.8, 4) is 0 Å². The molecule has 1 aliphatic carbocycles. The fraction of sp³-hybridized carbons (Fsp3) is 0.294. The van der Waals surface area contributed by atoms with Crippen molar-refractivity contribution >= 4 is 23.8 Å². The molecule has 1 unspecified atom stereocenters. The Morgan fingerprint density at radius 2 is 2.33 bits per heavy atom. The molecule has 0 spiro atoms. The molecule has 0 aromatic heterocycles. The molecule has 2 rings (SSSR count). The first-order chi connectivity index (χ1) is 10.2. The minimum atomic E-state index is -0.288. The van der Waals surface area contributed by atoms with Gasteiger partial charge in [0.1, 0.15) is 6.54 Å². The van der Waals surface area contributed by atoms with Crippen molar-refractivity contribution in [3.05, 3.63) is 60.8 Å². The lowest BCUT2D eigenvalue weighted by molar-refractivity contribution is -0.537. The predicted molar refractivity (Wildman–Crippen MR) is 91.0 cm³/mol. The smallest absolute Gasteiger partial charge is 0.286 e. The number of hydrogen-bond acceptors (Lipinski definition) is 2. The summed E-state index contributed by atoms with van der Waals surface area (Å²) in [5, 5.41) is 3.22. The first-order valence-corrected chi connectivity index (χ1v) is 7.52. The minimum absolute atomic E-state index is 0.288. The number of amidine groups is 1. The van der Waals surface area contributed by atoms with Crippen LogP contribution in [0.4, 0.5) is 0 Å². The second-order valence-corrected chi connectivity index (χ2v) is 5.37. The minimum Gasteiger partial charge on any atom is -0.301 e. The van der Waals surface area contributed by atoms with Crippen LogP contribution in [0.1, 0.15) is 19.3 Å². The van der Waals surface area contributed by atoms with Crippen LogP contribution >= 0.6 is 11.6 Å². The van der Waals surface area contributed by atoms with Crippen molar-refractivity contribution in [3.63, 3.8) is 0 Å². The lowest BCUT2D eigenvalue weighted by atomic mass is 10.1. The van der Waals surface area contributed by atoms with Crippen LogP contribution in [0, 0.1) is 0 Å². The first-order valence-electron chi connectivity index (χ1n) is 7.09. The van der Waals surface area contributed by atoms with Gasteiger partial charge in [-0.1, -0.05) is 49.6 Å². The Hall–Kier alpha value is -1.87. The van der Waals surface area contributed by atoms with Crippen LogP contribution in [0.5, 0.6) is 0 Å². The molecule has 2 aliphatic rings. The fourth-order valence-corrected chi connectivity index (χ4v) is 2.46. The molecule has 4 heteroatoms. The highest BCUT2D eigenvalue weighted by Crippen LogP contribution is 2.13. The van der Waals surface area contributed by atoms with Gasteiger partial charge in [0.15, 0.2) is 0 Å². The number of halogens is 1. The second-order valence-electron chi connectivity index (χ2n) is 4.96. The number of rotatable bonds is 6. The van der Waals surface area contributed by atoms with E-state index in [4.69, 9.17) is 11.6 Å². The normalized spacial score (nSPS) is 21.9. The standard InChI is InChI=1S/C17H20ClN3/c1-3-8-14(4-2)11-16-19-13-21(17(18)20-16)12-15-9-6-5-7-10-15/h3-4,6,8-10,13,17H,1-2,5,7,11-12H2/p+1/b14-8+. The first kappa shape index (κ1) is 15.5. The summed E-state index contributed by atoms with van der Waals surface area (Å²) in [7, 11) is 0. The van der Waals surface area contributed by atoms with Gasteiger partial charge >= 0.3 is 0 Å². The van der Waals surface area contributed by atoms with Crippen molar-refractivity contribution in [1.82, 2.24) is 5.32 Å². The fourth-order valence-electron chi connectivity index (χ4n) is 2.22. The molecule has 3 nitrogen and oxygen atoms in total. The number of aliphatic imine (C=N–C) groups is 1.